The van der Waals surface area contributed by atoms with Crippen LogP contribution in [0.4, 0.5) is 5.69 Å². The van der Waals surface area contributed by atoms with Gasteiger partial charge in [-0.1, -0.05) is 11.6 Å². The number of benzene rings is 1. The molecule has 0 amide bonds. The molecule has 0 fully saturated rings. The Morgan fingerprint density at radius 3 is 2.76 bits per heavy atom. The van der Waals surface area contributed by atoms with Crippen LogP contribution < -0.4 is 0 Å². The van der Waals surface area contributed by atoms with Gasteiger partial charge in [-0.2, -0.15) is 0 Å². The summed E-state index contributed by atoms with van der Waals surface area (Å²) < 4.78 is 5.39. The number of aliphatic carboxylic acids is 1. The molecule has 2 aromatic rings. The number of furan rings is 1. The lowest BCUT2D eigenvalue weighted by atomic mass is 10.1. The second-order valence-electron chi connectivity index (χ2n) is 4.25. The molecule has 7 heteroatoms. The van der Waals surface area contributed by atoms with E-state index >= 15 is 0 Å². The molecule has 108 valence electrons. The van der Waals surface area contributed by atoms with Crippen LogP contribution in [0.5, 0.6) is 0 Å². The molecule has 1 aromatic heterocycles. The SMILES string of the molecule is Cc1cc([N+](=O)[O-])c(-c2ccc(/C=C/C(=O)O)o2)cc1Cl. The Bertz CT molecular complexity index is 748. The van der Waals surface area contributed by atoms with Crippen molar-refractivity contribution in [1.29, 1.82) is 0 Å². The van der Waals surface area contributed by atoms with Crippen LogP contribution in [0.2, 0.25) is 5.02 Å². The normalized spacial score (nSPS) is 11.0. The Hall–Kier alpha value is -2.60. The van der Waals surface area contributed by atoms with Crippen molar-refractivity contribution in [2.75, 3.05) is 0 Å². The van der Waals surface area contributed by atoms with Gasteiger partial charge in [0.25, 0.3) is 5.69 Å². The second kappa shape index (κ2) is 5.80. The average molecular weight is 308 g/mol. The fourth-order valence-electron chi connectivity index (χ4n) is 1.76. The van der Waals surface area contributed by atoms with Gasteiger partial charge in [-0.25, -0.2) is 4.79 Å². The molecule has 2 rings (SSSR count). The predicted octanol–water partition coefficient (Wildman–Crippen LogP) is 3.91. The minimum atomic E-state index is -1.11. The van der Waals surface area contributed by atoms with Crippen LogP contribution in [0.15, 0.2) is 34.8 Å². The molecule has 1 aromatic carbocycles. The van der Waals surface area contributed by atoms with Crippen LogP contribution in [-0.4, -0.2) is 16.0 Å². The Balaban J connectivity index is 2.49. The number of aryl methyl sites for hydroxylation is 1. The van der Waals surface area contributed by atoms with Crippen molar-refractivity contribution in [3.8, 4) is 11.3 Å². The summed E-state index contributed by atoms with van der Waals surface area (Å²) in [5.74, 6) is -0.593. The molecule has 0 saturated carbocycles. The topological polar surface area (TPSA) is 93.6 Å². The molecule has 1 heterocycles. The first kappa shape index (κ1) is 14.8. The van der Waals surface area contributed by atoms with Crippen molar-refractivity contribution in [3.63, 3.8) is 0 Å². The molecule has 6 nitrogen and oxygen atoms in total. The average Bonchev–Trinajstić information content (AvgIpc) is 2.87. The molecule has 21 heavy (non-hydrogen) atoms. The highest BCUT2D eigenvalue weighted by Crippen LogP contribution is 2.35. The Labute approximate surface area is 124 Å². The lowest BCUT2D eigenvalue weighted by Gasteiger charge is -2.03. The fourth-order valence-corrected chi connectivity index (χ4v) is 1.92. The summed E-state index contributed by atoms with van der Waals surface area (Å²) in [5, 5.41) is 20.0. The molecule has 0 saturated heterocycles. The molecule has 1 N–H and O–H groups in total. The number of hydrogen-bond donors (Lipinski definition) is 1. The van der Waals surface area contributed by atoms with Crippen LogP contribution >= 0.6 is 11.6 Å². The zero-order chi connectivity index (χ0) is 15.6. The third-order valence-electron chi connectivity index (χ3n) is 2.76. The van der Waals surface area contributed by atoms with Gasteiger partial charge in [-0.3, -0.25) is 10.1 Å². The number of carbonyl (C=O) groups is 1. The Kier molecular flexibility index (Phi) is 4.09. The largest absolute Gasteiger partial charge is 0.478 e. The van der Waals surface area contributed by atoms with Crippen molar-refractivity contribution >= 4 is 29.3 Å². The molecule has 0 aliphatic rings. The predicted molar refractivity (Wildman–Crippen MR) is 77.2 cm³/mol. The maximum Gasteiger partial charge on any atom is 0.328 e. The van der Waals surface area contributed by atoms with Gasteiger partial charge in [0.2, 0.25) is 0 Å². The smallest absolute Gasteiger partial charge is 0.328 e. The zero-order valence-corrected chi connectivity index (χ0v) is 11.6. The molecule has 0 radical (unpaired) electrons. The minimum Gasteiger partial charge on any atom is -0.478 e. The van der Waals surface area contributed by atoms with E-state index in [1.165, 1.54) is 30.3 Å². The number of halogens is 1. The van der Waals surface area contributed by atoms with Crippen LogP contribution in [0.3, 0.4) is 0 Å². The zero-order valence-electron chi connectivity index (χ0n) is 10.9. The molecule has 0 aliphatic heterocycles. The van der Waals surface area contributed by atoms with Gasteiger partial charge >= 0.3 is 5.97 Å². The fraction of sp³-hybridized carbons (Fsp3) is 0.0714. The first-order chi connectivity index (χ1) is 9.88. The Morgan fingerprint density at radius 2 is 2.14 bits per heavy atom. The van der Waals surface area contributed by atoms with Gasteiger partial charge in [0.1, 0.15) is 11.5 Å². The van der Waals surface area contributed by atoms with Gasteiger partial charge < -0.3 is 9.52 Å². The maximum atomic E-state index is 11.1. The Morgan fingerprint density at radius 1 is 1.43 bits per heavy atom. The third-order valence-corrected chi connectivity index (χ3v) is 3.16. The number of carboxylic acids is 1. The van der Waals surface area contributed by atoms with Crippen LogP contribution in [-0.2, 0) is 4.79 Å². The van der Waals surface area contributed by atoms with Crippen molar-refractivity contribution in [2.24, 2.45) is 0 Å². The highest BCUT2D eigenvalue weighted by molar-refractivity contribution is 6.31. The van der Waals surface area contributed by atoms with E-state index < -0.39 is 10.9 Å². The van der Waals surface area contributed by atoms with E-state index in [0.29, 0.717) is 10.6 Å². The molecule has 0 unspecified atom stereocenters. The summed E-state index contributed by atoms with van der Waals surface area (Å²) in [4.78, 5) is 21.0. The number of carboxylic acid groups (broad SMARTS) is 1. The molecule has 0 bridgehead atoms. The summed E-state index contributed by atoms with van der Waals surface area (Å²) in [6.45, 7) is 1.67. The lowest BCUT2D eigenvalue weighted by molar-refractivity contribution is -0.384. The lowest BCUT2D eigenvalue weighted by Crippen LogP contribution is -1.93. The number of nitro benzene ring substituents is 1. The number of nitrogens with zero attached hydrogens (tertiary/aromatic N) is 1. The van der Waals surface area contributed by atoms with Crippen LogP contribution in [0, 0.1) is 17.0 Å². The second-order valence-corrected chi connectivity index (χ2v) is 4.66. The highest BCUT2D eigenvalue weighted by Gasteiger charge is 2.20. The standard InChI is InChI=1S/C14H10ClNO5/c1-8-6-12(16(19)20)10(7-11(8)15)13-4-2-9(21-13)3-5-14(17)18/h2-7H,1H3,(H,17,18)/b5-3+. The van der Waals surface area contributed by atoms with Crippen molar-refractivity contribution in [3.05, 3.63) is 56.8 Å². The molecule has 0 atom stereocenters. The first-order valence-corrected chi connectivity index (χ1v) is 6.22. The number of nitro groups is 1. The van der Waals surface area contributed by atoms with Gasteiger partial charge in [0, 0.05) is 17.2 Å². The van der Waals surface area contributed by atoms with Gasteiger partial charge in [-0.15, -0.1) is 0 Å². The maximum absolute atomic E-state index is 11.1. The summed E-state index contributed by atoms with van der Waals surface area (Å²) in [6, 6.07) is 5.87. The van der Waals surface area contributed by atoms with Crippen molar-refractivity contribution in [2.45, 2.75) is 6.92 Å². The van der Waals surface area contributed by atoms with E-state index in [9.17, 15) is 14.9 Å². The quantitative estimate of drug-likeness (QED) is 0.525. The minimum absolute atomic E-state index is 0.125. The van der Waals surface area contributed by atoms with E-state index in [2.05, 4.69) is 0 Å². The summed E-state index contributed by atoms with van der Waals surface area (Å²) in [7, 11) is 0. The monoisotopic (exact) mass is 307 g/mol. The van der Waals surface area contributed by atoms with Crippen LogP contribution in [0.1, 0.15) is 11.3 Å². The summed E-state index contributed by atoms with van der Waals surface area (Å²) in [5.41, 5.74) is 0.704. The number of rotatable bonds is 4. The molecule has 0 aliphatic carbocycles. The molecular weight excluding hydrogens is 298 g/mol. The van der Waals surface area contributed by atoms with E-state index in [1.807, 2.05) is 0 Å². The highest BCUT2D eigenvalue weighted by atomic mass is 35.5. The van der Waals surface area contributed by atoms with Crippen LogP contribution in [0.25, 0.3) is 17.4 Å². The summed E-state index contributed by atoms with van der Waals surface area (Å²) >= 11 is 5.99. The summed E-state index contributed by atoms with van der Waals surface area (Å²) in [6.07, 6.45) is 2.17. The van der Waals surface area contributed by atoms with Gasteiger partial charge in [0.15, 0.2) is 0 Å². The van der Waals surface area contributed by atoms with E-state index in [4.69, 9.17) is 21.1 Å². The first-order valence-electron chi connectivity index (χ1n) is 5.84. The number of hydrogen-bond acceptors (Lipinski definition) is 4. The van der Waals surface area contributed by atoms with E-state index in [1.54, 1.807) is 6.92 Å². The van der Waals surface area contributed by atoms with E-state index in [-0.39, 0.29) is 22.8 Å². The third kappa shape index (κ3) is 3.29. The van der Waals surface area contributed by atoms with E-state index in [0.717, 1.165) is 6.08 Å². The molecular formula is C14H10ClNO5. The van der Waals surface area contributed by atoms with Crippen molar-refractivity contribution in [1.82, 2.24) is 0 Å². The molecule has 0 spiro atoms. The van der Waals surface area contributed by atoms with Gasteiger partial charge in [-0.05, 0) is 36.8 Å². The van der Waals surface area contributed by atoms with Gasteiger partial charge in [0.05, 0.1) is 10.5 Å². The van der Waals surface area contributed by atoms with Crippen molar-refractivity contribution < 1.29 is 19.2 Å².